The van der Waals surface area contributed by atoms with E-state index < -0.39 is 0 Å². The van der Waals surface area contributed by atoms with Crippen LogP contribution in [0.3, 0.4) is 0 Å². The summed E-state index contributed by atoms with van der Waals surface area (Å²) >= 11 is 0. The van der Waals surface area contributed by atoms with Gasteiger partial charge in [0.25, 0.3) is 0 Å². The van der Waals surface area contributed by atoms with Crippen molar-refractivity contribution in [2.24, 2.45) is 5.92 Å². The SMILES string of the molecule is CCC(CC)COc1cc(OC)ccc1CNC(C)(C)C. The number of hydrogen-bond donors (Lipinski definition) is 1. The summed E-state index contributed by atoms with van der Waals surface area (Å²) in [4.78, 5) is 0. The van der Waals surface area contributed by atoms with Crippen LogP contribution in [0, 0.1) is 5.92 Å². The molecule has 0 heterocycles. The fourth-order valence-electron chi connectivity index (χ4n) is 2.03. The molecule has 1 rings (SSSR count). The number of benzene rings is 1. The molecule has 1 N–H and O–H groups in total. The highest BCUT2D eigenvalue weighted by Gasteiger charge is 2.13. The van der Waals surface area contributed by atoms with Gasteiger partial charge in [0.1, 0.15) is 11.5 Å². The van der Waals surface area contributed by atoms with Crippen molar-refractivity contribution in [1.29, 1.82) is 0 Å². The zero-order chi connectivity index (χ0) is 15.9. The Labute approximate surface area is 130 Å². The van der Waals surface area contributed by atoms with E-state index in [-0.39, 0.29) is 5.54 Å². The molecule has 21 heavy (non-hydrogen) atoms. The van der Waals surface area contributed by atoms with Crippen LogP contribution in [0.2, 0.25) is 0 Å². The molecule has 120 valence electrons. The van der Waals surface area contributed by atoms with Gasteiger partial charge in [0.05, 0.1) is 13.7 Å². The lowest BCUT2D eigenvalue weighted by Gasteiger charge is -2.22. The molecule has 0 aliphatic carbocycles. The van der Waals surface area contributed by atoms with Gasteiger partial charge in [0, 0.05) is 23.7 Å². The van der Waals surface area contributed by atoms with Crippen LogP contribution in [-0.2, 0) is 6.54 Å². The lowest BCUT2D eigenvalue weighted by Crippen LogP contribution is -2.35. The van der Waals surface area contributed by atoms with Crippen LogP contribution in [0.5, 0.6) is 11.5 Å². The predicted molar refractivity (Wildman–Crippen MR) is 89.2 cm³/mol. The number of hydrogen-bond acceptors (Lipinski definition) is 3. The maximum absolute atomic E-state index is 6.07. The summed E-state index contributed by atoms with van der Waals surface area (Å²) in [5.74, 6) is 2.38. The quantitative estimate of drug-likeness (QED) is 0.770. The van der Waals surface area contributed by atoms with Crippen molar-refractivity contribution in [3.63, 3.8) is 0 Å². The first-order valence-electron chi connectivity index (χ1n) is 7.94. The van der Waals surface area contributed by atoms with E-state index in [0.717, 1.165) is 37.5 Å². The fraction of sp³-hybridized carbons (Fsp3) is 0.667. The van der Waals surface area contributed by atoms with Crippen molar-refractivity contribution < 1.29 is 9.47 Å². The van der Waals surface area contributed by atoms with Gasteiger partial charge in [-0.2, -0.15) is 0 Å². The highest BCUT2D eigenvalue weighted by molar-refractivity contribution is 5.40. The van der Waals surface area contributed by atoms with Gasteiger partial charge in [-0.15, -0.1) is 0 Å². The average molecular weight is 293 g/mol. The van der Waals surface area contributed by atoms with Crippen LogP contribution in [0.4, 0.5) is 0 Å². The third-order valence-electron chi connectivity index (χ3n) is 3.71. The first-order chi connectivity index (χ1) is 9.89. The molecule has 3 heteroatoms. The lowest BCUT2D eigenvalue weighted by molar-refractivity contribution is 0.236. The Bertz CT molecular complexity index is 420. The molecule has 1 aromatic carbocycles. The molecule has 0 unspecified atom stereocenters. The van der Waals surface area contributed by atoms with E-state index in [1.165, 1.54) is 5.56 Å². The molecule has 0 atom stereocenters. The Kier molecular flexibility index (Phi) is 7.03. The molecule has 1 aromatic rings. The van der Waals surface area contributed by atoms with E-state index in [0.29, 0.717) is 5.92 Å². The van der Waals surface area contributed by atoms with Crippen molar-refractivity contribution in [3.05, 3.63) is 23.8 Å². The summed E-state index contributed by atoms with van der Waals surface area (Å²) < 4.78 is 11.4. The maximum Gasteiger partial charge on any atom is 0.127 e. The summed E-state index contributed by atoms with van der Waals surface area (Å²) in [6.07, 6.45) is 2.30. The Morgan fingerprint density at radius 1 is 1.14 bits per heavy atom. The molecular weight excluding hydrogens is 262 g/mol. The Balaban J connectivity index is 2.81. The topological polar surface area (TPSA) is 30.5 Å². The third-order valence-corrected chi connectivity index (χ3v) is 3.71. The second-order valence-corrected chi connectivity index (χ2v) is 6.57. The van der Waals surface area contributed by atoms with Crippen molar-refractivity contribution in [1.82, 2.24) is 5.32 Å². The molecule has 0 aromatic heterocycles. The van der Waals surface area contributed by atoms with Crippen LogP contribution in [0.15, 0.2) is 18.2 Å². The predicted octanol–water partition coefficient (Wildman–Crippen LogP) is 4.40. The van der Waals surface area contributed by atoms with Gasteiger partial charge in [-0.1, -0.05) is 32.8 Å². The van der Waals surface area contributed by atoms with Crippen LogP contribution >= 0.6 is 0 Å². The van der Waals surface area contributed by atoms with Crippen LogP contribution in [0.25, 0.3) is 0 Å². The van der Waals surface area contributed by atoms with Crippen molar-refractivity contribution >= 4 is 0 Å². The molecule has 0 aliphatic heterocycles. The van der Waals surface area contributed by atoms with E-state index >= 15 is 0 Å². The summed E-state index contributed by atoms with van der Waals surface area (Å²) in [6.45, 7) is 12.5. The van der Waals surface area contributed by atoms with E-state index in [4.69, 9.17) is 9.47 Å². The van der Waals surface area contributed by atoms with Gasteiger partial charge in [0.15, 0.2) is 0 Å². The van der Waals surface area contributed by atoms with Gasteiger partial charge < -0.3 is 14.8 Å². The number of rotatable bonds is 8. The molecule has 0 radical (unpaired) electrons. The largest absolute Gasteiger partial charge is 0.497 e. The first kappa shape index (κ1) is 17.8. The van der Waals surface area contributed by atoms with Crippen LogP contribution < -0.4 is 14.8 Å². The normalized spacial score (nSPS) is 11.8. The maximum atomic E-state index is 6.07. The first-order valence-corrected chi connectivity index (χ1v) is 7.94. The fourth-order valence-corrected chi connectivity index (χ4v) is 2.03. The zero-order valence-corrected chi connectivity index (χ0v) is 14.5. The molecule has 0 saturated carbocycles. The number of nitrogens with one attached hydrogen (secondary N) is 1. The average Bonchev–Trinajstić information content (AvgIpc) is 2.45. The second-order valence-electron chi connectivity index (χ2n) is 6.57. The van der Waals surface area contributed by atoms with Gasteiger partial charge in [0.2, 0.25) is 0 Å². The zero-order valence-electron chi connectivity index (χ0n) is 14.5. The minimum Gasteiger partial charge on any atom is -0.497 e. The van der Waals surface area contributed by atoms with Crippen molar-refractivity contribution in [2.75, 3.05) is 13.7 Å². The Morgan fingerprint density at radius 3 is 2.33 bits per heavy atom. The van der Waals surface area contributed by atoms with E-state index in [1.807, 2.05) is 12.1 Å². The summed E-state index contributed by atoms with van der Waals surface area (Å²) in [5.41, 5.74) is 1.27. The number of methoxy groups -OCH3 is 1. The molecule has 0 spiro atoms. The third kappa shape index (κ3) is 6.38. The van der Waals surface area contributed by atoms with Gasteiger partial charge in [-0.3, -0.25) is 0 Å². The van der Waals surface area contributed by atoms with Crippen LogP contribution in [0.1, 0.15) is 53.0 Å². The Hall–Kier alpha value is -1.22. The van der Waals surface area contributed by atoms with Crippen molar-refractivity contribution in [2.45, 2.75) is 59.5 Å². The standard InChI is InChI=1S/C18H31NO2/c1-7-14(8-2)13-21-17-11-16(20-6)10-9-15(17)12-19-18(3,4)5/h9-11,14,19H,7-8,12-13H2,1-6H3. The molecule has 3 nitrogen and oxygen atoms in total. The molecule has 0 bridgehead atoms. The molecule has 0 saturated heterocycles. The number of ether oxygens (including phenoxy) is 2. The van der Waals surface area contributed by atoms with E-state index in [1.54, 1.807) is 7.11 Å². The van der Waals surface area contributed by atoms with Crippen LogP contribution in [-0.4, -0.2) is 19.3 Å². The highest BCUT2D eigenvalue weighted by atomic mass is 16.5. The minimum atomic E-state index is 0.0899. The smallest absolute Gasteiger partial charge is 0.127 e. The highest BCUT2D eigenvalue weighted by Crippen LogP contribution is 2.26. The molecule has 0 fully saturated rings. The lowest BCUT2D eigenvalue weighted by atomic mass is 10.1. The molecule has 0 amide bonds. The van der Waals surface area contributed by atoms with Gasteiger partial charge in [-0.05, 0) is 32.8 Å². The summed E-state index contributed by atoms with van der Waals surface area (Å²) in [5, 5.41) is 3.51. The van der Waals surface area contributed by atoms with Gasteiger partial charge in [-0.25, -0.2) is 0 Å². The van der Waals surface area contributed by atoms with E-state index in [9.17, 15) is 0 Å². The minimum absolute atomic E-state index is 0.0899. The van der Waals surface area contributed by atoms with Gasteiger partial charge >= 0.3 is 0 Å². The van der Waals surface area contributed by atoms with E-state index in [2.05, 4.69) is 46.0 Å². The molecular formula is C18H31NO2. The van der Waals surface area contributed by atoms with Crippen molar-refractivity contribution in [3.8, 4) is 11.5 Å². The Morgan fingerprint density at radius 2 is 1.81 bits per heavy atom. The second kappa shape index (κ2) is 8.28. The monoisotopic (exact) mass is 293 g/mol. The summed E-state index contributed by atoms with van der Waals surface area (Å²) in [6, 6.07) is 6.06. The molecule has 0 aliphatic rings. The summed E-state index contributed by atoms with van der Waals surface area (Å²) in [7, 11) is 1.69.